The van der Waals surface area contributed by atoms with E-state index in [0.717, 1.165) is 0 Å². The summed E-state index contributed by atoms with van der Waals surface area (Å²) in [5.74, 6) is 0. The molecule has 1 nitrogen and oxygen atoms in total. The normalized spacial score (nSPS) is 11.0. The first-order valence-electron chi connectivity index (χ1n) is 5.63. The van der Waals surface area contributed by atoms with Crippen molar-refractivity contribution in [2.45, 2.75) is 13.5 Å². The maximum atomic E-state index is 9.15. The monoisotopic (exact) mass is 436 g/mol. The molecule has 0 aliphatic heterocycles. The molecule has 3 aromatic rings. The van der Waals surface area contributed by atoms with Crippen LogP contribution < -0.4 is 0 Å². The molecule has 0 spiro atoms. The van der Waals surface area contributed by atoms with Crippen LogP contribution in [-0.2, 0) is 6.61 Å². The molecule has 3 heterocycles. The molecule has 0 atom stereocenters. The van der Waals surface area contributed by atoms with E-state index in [-0.39, 0.29) is 6.61 Å². The third-order valence-electron chi connectivity index (χ3n) is 2.65. The van der Waals surface area contributed by atoms with E-state index in [1.807, 2.05) is 0 Å². The van der Waals surface area contributed by atoms with Crippen molar-refractivity contribution < 1.29 is 5.11 Å². The van der Waals surface area contributed by atoms with Crippen LogP contribution in [0.2, 0.25) is 0 Å². The van der Waals surface area contributed by atoms with Crippen molar-refractivity contribution in [3.8, 4) is 17.7 Å². The third kappa shape index (κ3) is 2.61. The Hall–Kier alpha value is -0.0416. The van der Waals surface area contributed by atoms with Crippen LogP contribution in [0.1, 0.15) is 8.87 Å². The zero-order valence-electron chi connectivity index (χ0n) is 9.84. The molecule has 0 unspecified atom stereocenters. The van der Waals surface area contributed by atoms with Gasteiger partial charge in [0.25, 0.3) is 0 Å². The molecule has 0 aromatic carbocycles. The summed E-state index contributed by atoms with van der Waals surface area (Å²) >= 11 is 1.38. The average Bonchev–Trinajstić information content (AvgIpc) is 3.07. The molecule has 1 N–H and O–H groups in total. The Labute approximate surface area is 124 Å². The molecule has 0 aliphatic carbocycles. The molecule has 0 radical (unpaired) electrons. The number of aliphatic hydroxyl groups is 1. The first-order valence-corrected chi connectivity index (χ1v) is 10.8. The van der Waals surface area contributed by atoms with E-state index in [0.29, 0.717) is 43.5 Å². The summed E-state index contributed by atoms with van der Waals surface area (Å²) in [6.07, 6.45) is 0. The van der Waals surface area contributed by atoms with Crippen molar-refractivity contribution in [3.63, 3.8) is 0 Å². The van der Waals surface area contributed by atoms with E-state index in [9.17, 15) is 0 Å². The van der Waals surface area contributed by atoms with E-state index in [2.05, 4.69) is 43.3 Å². The summed E-state index contributed by atoms with van der Waals surface area (Å²) in [7, 11) is 0. The molecule has 3 rings (SSSR count). The van der Waals surface area contributed by atoms with Crippen LogP contribution in [0, 0.1) is 6.92 Å². The van der Waals surface area contributed by atoms with E-state index in [1.165, 1.54) is 17.7 Å². The zero-order chi connectivity index (χ0) is 12.5. The van der Waals surface area contributed by atoms with Crippen LogP contribution in [0.5, 0.6) is 0 Å². The van der Waals surface area contributed by atoms with Crippen LogP contribution in [0.15, 0.2) is 36.4 Å². The molecule has 0 aliphatic rings. The van der Waals surface area contributed by atoms with Crippen LogP contribution in [-0.4, -0.2) is 48.6 Å². The van der Waals surface area contributed by atoms with Gasteiger partial charge in [-0.3, -0.25) is 0 Å². The number of hydrogen-bond acceptors (Lipinski definition) is 1. The van der Waals surface area contributed by atoms with Gasteiger partial charge in [0, 0.05) is 0 Å². The van der Waals surface area contributed by atoms with Gasteiger partial charge < -0.3 is 0 Å². The van der Waals surface area contributed by atoms with Crippen molar-refractivity contribution in [2.75, 3.05) is 0 Å². The summed E-state index contributed by atoms with van der Waals surface area (Å²) in [6, 6.07) is 13.5. The predicted octanol–water partition coefficient (Wildman–Crippen LogP) is 1.99. The predicted molar refractivity (Wildman–Crippen MR) is 78.8 cm³/mol. The molecule has 0 bridgehead atoms. The second kappa shape index (κ2) is 5.53. The summed E-state index contributed by atoms with van der Waals surface area (Å²) in [6.45, 7) is 2.44. The van der Waals surface area contributed by atoms with Gasteiger partial charge in [-0.1, -0.05) is 0 Å². The zero-order valence-corrected chi connectivity index (χ0v) is 15.0. The molecular weight excluding hydrogens is 421 g/mol. The number of aryl methyl sites for hydroxylation is 1. The Morgan fingerprint density at radius 2 is 1.33 bits per heavy atom. The van der Waals surface area contributed by atoms with Crippen molar-refractivity contribution in [1.29, 1.82) is 0 Å². The van der Waals surface area contributed by atoms with Gasteiger partial charge in [-0.2, -0.15) is 0 Å². The van der Waals surface area contributed by atoms with Gasteiger partial charge in [-0.25, -0.2) is 0 Å². The Bertz CT molecular complexity index is 660. The number of hydrogen-bond donors (Lipinski definition) is 1. The van der Waals surface area contributed by atoms with Gasteiger partial charge >= 0.3 is 125 Å². The molecule has 4 heteroatoms. The molecular formula is C14H12OSe3. The van der Waals surface area contributed by atoms with Gasteiger partial charge in [-0.05, 0) is 0 Å². The van der Waals surface area contributed by atoms with Crippen LogP contribution >= 0.6 is 0 Å². The molecule has 3 aromatic heterocycles. The standard InChI is InChI=1S/C14H12OSe3/c1-9-2-4-11(16-9)13-6-7-14(18-13)12-5-3-10(8-15)17-12/h2-7,15H,8H2,1H3. The van der Waals surface area contributed by atoms with Gasteiger partial charge in [-0.15, -0.1) is 0 Å². The van der Waals surface area contributed by atoms with Crippen molar-refractivity contribution >= 4 is 43.5 Å². The SMILES string of the molecule is Cc1ccc(-c2ccc(-c3ccc(CO)[se]3)[se]2)[se]1. The molecule has 92 valence electrons. The average molecular weight is 433 g/mol. The summed E-state index contributed by atoms with van der Waals surface area (Å²) in [4.78, 5) is 0. The van der Waals surface area contributed by atoms with E-state index >= 15 is 0 Å². The van der Waals surface area contributed by atoms with E-state index in [4.69, 9.17) is 5.11 Å². The van der Waals surface area contributed by atoms with Crippen LogP contribution in [0.25, 0.3) is 17.7 Å². The minimum absolute atomic E-state index is 0.220. The third-order valence-corrected chi connectivity index (χ3v) is 10.9. The topological polar surface area (TPSA) is 20.2 Å². The Morgan fingerprint density at radius 3 is 1.89 bits per heavy atom. The first-order chi connectivity index (χ1) is 8.76. The van der Waals surface area contributed by atoms with E-state index in [1.54, 1.807) is 8.87 Å². The van der Waals surface area contributed by atoms with Gasteiger partial charge in [0.2, 0.25) is 0 Å². The second-order valence-electron chi connectivity index (χ2n) is 4.00. The van der Waals surface area contributed by atoms with Crippen LogP contribution in [0.4, 0.5) is 0 Å². The summed E-state index contributed by atoms with van der Waals surface area (Å²) in [5, 5.41) is 9.15. The summed E-state index contributed by atoms with van der Waals surface area (Å²) < 4.78 is 8.82. The van der Waals surface area contributed by atoms with Gasteiger partial charge in [0.05, 0.1) is 0 Å². The van der Waals surface area contributed by atoms with E-state index < -0.39 is 0 Å². The Morgan fingerprint density at radius 1 is 0.778 bits per heavy atom. The molecule has 0 saturated carbocycles. The number of rotatable bonds is 3. The Kier molecular flexibility index (Phi) is 3.98. The van der Waals surface area contributed by atoms with Crippen LogP contribution in [0.3, 0.4) is 0 Å². The number of aliphatic hydroxyl groups excluding tert-OH is 1. The van der Waals surface area contributed by atoms with Crippen molar-refractivity contribution in [3.05, 3.63) is 45.3 Å². The minimum atomic E-state index is 0.220. The van der Waals surface area contributed by atoms with Crippen molar-refractivity contribution in [2.24, 2.45) is 0 Å². The fourth-order valence-electron chi connectivity index (χ4n) is 1.77. The summed E-state index contributed by atoms with van der Waals surface area (Å²) in [5.41, 5.74) is 0. The van der Waals surface area contributed by atoms with Crippen molar-refractivity contribution in [1.82, 2.24) is 0 Å². The second-order valence-corrected chi connectivity index (χ2v) is 11.4. The van der Waals surface area contributed by atoms with Gasteiger partial charge in [0.15, 0.2) is 0 Å². The fraction of sp³-hybridized carbons (Fsp3) is 0.143. The fourth-order valence-corrected chi connectivity index (χ4v) is 8.66. The Balaban J connectivity index is 1.93. The molecule has 18 heavy (non-hydrogen) atoms. The first kappa shape index (κ1) is 13.0. The molecule has 0 amide bonds. The quantitative estimate of drug-likeness (QED) is 0.627. The van der Waals surface area contributed by atoms with Gasteiger partial charge in [0.1, 0.15) is 0 Å². The molecule has 0 saturated heterocycles. The maximum absolute atomic E-state index is 9.15. The molecule has 0 fully saturated rings.